The maximum Gasteiger partial charge on any atom is 0.328 e. The van der Waals surface area contributed by atoms with E-state index in [1.807, 2.05) is 31.2 Å². The molecule has 2 N–H and O–H groups in total. The average Bonchev–Trinajstić information content (AvgIpc) is 2.34. The molecule has 1 atom stereocenters. The molecule has 0 aliphatic carbocycles. The van der Waals surface area contributed by atoms with Crippen LogP contribution < -0.4 is 5.32 Å². The van der Waals surface area contributed by atoms with Crippen LogP contribution in [0.3, 0.4) is 0 Å². The first-order valence-corrected chi connectivity index (χ1v) is 5.67. The summed E-state index contributed by atoms with van der Waals surface area (Å²) in [5.74, 6) is -1.81. The summed E-state index contributed by atoms with van der Waals surface area (Å²) in [7, 11) is 0. The van der Waals surface area contributed by atoms with Crippen molar-refractivity contribution >= 4 is 11.9 Å². The molecule has 0 aromatic heterocycles. The van der Waals surface area contributed by atoms with E-state index in [9.17, 15) is 14.0 Å². The second-order valence-electron chi connectivity index (χ2n) is 4.04. The zero-order chi connectivity index (χ0) is 13.5. The number of halogens is 1. The minimum Gasteiger partial charge on any atom is -0.480 e. The van der Waals surface area contributed by atoms with Crippen molar-refractivity contribution in [2.45, 2.75) is 25.8 Å². The van der Waals surface area contributed by atoms with Gasteiger partial charge in [-0.1, -0.05) is 24.3 Å². The molecule has 0 aliphatic rings. The lowest BCUT2D eigenvalue weighted by molar-refractivity contribution is -0.142. The number of aliphatic carboxylic acids is 1. The van der Waals surface area contributed by atoms with Crippen molar-refractivity contribution in [3.05, 3.63) is 35.4 Å². The van der Waals surface area contributed by atoms with E-state index in [1.165, 1.54) is 0 Å². The molecule has 1 unspecified atom stereocenters. The Hall–Kier alpha value is -1.91. The van der Waals surface area contributed by atoms with Crippen LogP contribution in [0.15, 0.2) is 24.3 Å². The first-order chi connectivity index (χ1) is 8.54. The van der Waals surface area contributed by atoms with Crippen LogP contribution in [0.1, 0.15) is 17.5 Å². The van der Waals surface area contributed by atoms with Gasteiger partial charge in [0.1, 0.15) is 6.67 Å². The number of aryl methyl sites for hydroxylation is 2. The van der Waals surface area contributed by atoms with E-state index in [0.29, 0.717) is 6.42 Å². The molecule has 0 bridgehead atoms. The Bertz CT molecular complexity index is 434. The van der Waals surface area contributed by atoms with Gasteiger partial charge < -0.3 is 10.4 Å². The minimum absolute atomic E-state index is 0.147. The molecule has 1 amide bonds. The zero-order valence-corrected chi connectivity index (χ0v) is 10.1. The van der Waals surface area contributed by atoms with Crippen LogP contribution in [0.4, 0.5) is 4.39 Å². The van der Waals surface area contributed by atoms with E-state index in [1.54, 1.807) is 0 Å². The Balaban J connectivity index is 2.47. The molecule has 1 aromatic carbocycles. The Morgan fingerprint density at radius 1 is 1.39 bits per heavy atom. The number of carboxylic acids is 1. The van der Waals surface area contributed by atoms with Crippen LogP contribution in [-0.4, -0.2) is 29.7 Å². The summed E-state index contributed by atoms with van der Waals surface area (Å²) in [5, 5.41) is 10.7. The van der Waals surface area contributed by atoms with Crippen LogP contribution in [0.5, 0.6) is 0 Å². The summed E-state index contributed by atoms with van der Waals surface area (Å²) in [5.41, 5.74) is 2.10. The fourth-order valence-electron chi connectivity index (χ4n) is 1.57. The summed E-state index contributed by atoms with van der Waals surface area (Å²) in [4.78, 5) is 22.0. The summed E-state index contributed by atoms with van der Waals surface area (Å²) in [6.45, 7) is 0.834. The third kappa shape index (κ3) is 4.16. The average molecular weight is 253 g/mol. The molecular weight excluding hydrogens is 237 g/mol. The SMILES string of the molecule is Cc1ccccc1CCC(=O)NC(CF)C(=O)O. The van der Waals surface area contributed by atoms with Gasteiger partial charge in [-0.15, -0.1) is 0 Å². The molecular formula is C13H16FNO3. The second-order valence-corrected chi connectivity index (χ2v) is 4.04. The fraction of sp³-hybridized carbons (Fsp3) is 0.385. The maximum absolute atomic E-state index is 12.3. The summed E-state index contributed by atoms with van der Waals surface area (Å²) in [6, 6.07) is 6.18. The van der Waals surface area contributed by atoms with Crippen molar-refractivity contribution < 1.29 is 19.1 Å². The quantitative estimate of drug-likeness (QED) is 0.806. The Labute approximate surface area is 105 Å². The van der Waals surface area contributed by atoms with Gasteiger partial charge >= 0.3 is 5.97 Å². The molecule has 1 aromatic rings. The summed E-state index contributed by atoms with van der Waals surface area (Å²) >= 11 is 0. The van der Waals surface area contributed by atoms with Crippen LogP contribution in [0.25, 0.3) is 0 Å². The summed E-state index contributed by atoms with van der Waals surface area (Å²) < 4.78 is 12.3. The molecule has 5 heteroatoms. The summed E-state index contributed by atoms with van der Waals surface area (Å²) in [6.07, 6.45) is 0.658. The first kappa shape index (κ1) is 14.2. The molecule has 4 nitrogen and oxygen atoms in total. The number of nitrogens with one attached hydrogen (secondary N) is 1. The molecule has 0 saturated carbocycles. The lowest BCUT2D eigenvalue weighted by Crippen LogP contribution is -2.42. The zero-order valence-electron chi connectivity index (χ0n) is 10.1. The number of amides is 1. The number of hydrogen-bond acceptors (Lipinski definition) is 2. The van der Waals surface area contributed by atoms with E-state index in [-0.39, 0.29) is 6.42 Å². The monoisotopic (exact) mass is 253 g/mol. The van der Waals surface area contributed by atoms with Gasteiger partial charge in [0.05, 0.1) is 0 Å². The number of carbonyl (C=O) groups excluding carboxylic acids is 1. The van der Waals surface area contributed by atoms with Crippen molar-refractivity contribution in [2.75, 3.05) is 6.67 Å². The Morgan fingerprint density at radius 2 is 2.06 bits per heavy atom. The second kappa shape index (κ2) is 6.74. The van der Waals surface area contributed by atoms with Gasteiger partial charge in [0.15, 0.2) is 6.04 Å². The van der Waals surface area contributed by atoms with Gasteiger partial charge in [-0.3, -0.25) is 4.79 Å². The standard InChI is InChI=1S/C13H16FNO3/c1-9-4-2-3-5-10(9)6-7-12(16)15-11(8-14)13(17)18/h2-5,11H,6-8H2,1H3,(H,15,16)(H,17,18). The number of alkyl halides is 1. The highest BCUT2D eigenvalue weighted by Crippen LogP contribution is 2.09. The topological polar surface area (TPSA) is 66.4 Å². The van der Waals surface area contributed by atoms with Gasteiger partial charge in [0, 0.05) is 6.42 Å². The van der Waals surface area contributed by atoms with Crippen LogP contribution >= 0.6 is 0 Å². The third-order valence-corrected chi connectivity index (χ3v) is 2.67. The van der Waals surface area contributed by atoms with Crippen molar-refractivity contribution in [2.24, 2.45) is 0 Å². The molecule has 18 heavy (non-hydrogen) atoms. The predicted molar refractivity (Wildman–Crippen MR) is 65.0 cm³/mol. The van der Waals surface area contributed by atoms with Gasteiger partial charge in [0.25, 0.3) is 0 Å². The third-order valence-electron chi connectivity index (χ3n) is 2.67. The number of hydrogen-bond donors (Lipinski definition) is 2. The molecule has 0 aliphatic heterocycles. The van der Waals surface area contributed by atoms with E-state index in [2.05, 4.69) is 5.32 Å². The van der Waals surface area contributed by atoms with Crippen molar-refractivity contribution in [1.82, 2.24) is 5.32 Å². The normalized spacial score (nSPS) is 11.9. The molecule has 0 heterocycles. The molecule has 0 saturated heterocycles. The number of carbonyl (C=O) groups is 2. The number of benzene rings is 1. The van der Waals surface area contributed by atoms with Crippen LogP contribution in [0.2, 0.25) is 0 Å². The van der Waals surface area contributed by atoms with Gasteiger partial charge in [-0.2, -0.15) is 0 Å². The van der Waals surface area contributed by atoms with Gasteiger partial charge in [-0.25, -0.2) is 9.18 Å². The van der Waals surface area contributed by atoms with Gasteiger partial charge in [0.2, 0.25) is 5.91 Å². The number of carboxylic acid groups (broad SMARTS) is 1. The molecule has 0 radical (unpaired) electrons. The molecule has 0 fully saturated rings. The van der Waals surface area contributed by atoms with E-state index < -0.39 is 24.6 Å². The number of rotatable bonds is 6. The van der Waals surface area contributed by atoms with Crippen molar-refractivity contribution in [1.29, 1.82) is 0 Å². The highest BCUT2D eigenvalue weighted by molar-refractivity contribution is 5.83. The van der Waals surface area contributed by atoms with E-state index in [4.69, 9.17) is 5.11 Å². The lowest BCUT2D eigenvalue weighted by atomic mass is 10.0. The first-order valence-electron chi connectivity index (χ1n) is 5.67. The van der Waals surface area contributed by atoms with Crippen molar-refractivity contribution in [3.63, 3.8) is 0 Å². The van der Waals surface area contributed by atoms with E-state index >= 15 is 0 Å². The largest absolute Gasteiger partial charge is 0.480 e. The highest BCUT2D eigenvalue weighted by atomic mass is 19.1. The van der Waals surface area contributed by atoms with Gasteiger partial charge in [-0.05, 0) is 24.5 Å². The van der Waals surface area contributed by atoms with Crippen LogP contribution in [0, 0.1) is 6.92 Å². The van der Waals surface area contributed by atoms with Crippen molar-refractivity contribution in [3.8, 4) is 0 Å². The van der Waals surface area contributed by atoms with Crippen LogP contribution in [-0.2, 0) is 16.0 Å². The molecule has 98 valence electrons. The molecule has 0 spiro atoms. The highest BCUT2D eigenvalue weighted by Gasteiger charge is 2.19. The minimum atomic E-state index is -1.45. The smallest absolute Gasteiger partial charge is 0.328 e. The Morgan fingerprint density at radius 3 is 2.61 bits per heavy atom. The molecule has 1 rings (SSSR count). The van der Waals surface area contributed by atoms with E-state index in [0.717, 1.165) is 11.1 Å². The predicted octanol–water partition coefficient (Wildman–Crippen LogP) is 1.47. The maximum atomic E-state index is 12.3. The fourth-order valence-corrected chi connectivity index (χ4v) is 1.57. The Kier molecular flexibility index (Phi) is 5.30. The lowest BCUT2D eigenvalue weighted by Gasteiger charge is -2.11.